The number of nitrogens with one attached hydrogen (secondary N) is 1. The number of tetrazole rings is 1. The fraction of sp³-hybridized carbons (Fsp3) is 0.333. The molecule has 1 N–H and O–H groups in total. The summed E-state index contributed by atoms with van der Waals surface area (Å²) in [6, 6.07) is 8.34. The van der Waals surface area contributed by atoms with Gasteiger partial charge in [0.2, 0.25) is 5.91 Å². The van der Waals surface area contributed by atoms with Gasteiger partial charge < -0.3 is 5.32 Å². The van der Waals surface area contributed by atoms with Crippen LogP contribution in [-0.4, -0.2) is 26.1 Å². The van der Waals surface area contributed by atoms with Gasteiger partial charge in [-0.15, -0.1) is 5.10 Å². The molecule has 0 fully saturated rings. The van der Waals surface area contributed by atoms with E-state index in [-0.39, 0.29) is 18.5 Å². The number of hydrogen-bond acceptors (Lipinski definition) is 4. The van der Waals surface area contributed by atoms with Crippen LogP contribution >= 0.6 is 0 Å². The van der Waals surface area contributed by atoms with Gasteiger partial charge in [0.05, 0.1) is 6.04 Å². The highest BCUT2D eigenvalue weighted by atomic mass is 16.2. The Bertz CT molecular complexity index is 551. The molecule has 1 aliphatic carbocycles. The lowest BCUT2D eigenvalue weighted by Gasteiger charge is -2.13. The molecule has 1 aliphatic rings. The summed E-state index contributed by atoms with van der Waals surface area (Å²) in [5, 5.41) is 13.7. The third-order valence-corrected chi connectivity index (χ3v) is 3.17. The standard InChI is InChI=1S/C12H13N5O/c18-12(7-17-8-13-15-16-17)14-11-6-5-9-3-1-2-4-10(9)11/h1-4,8,11H,5-7H2,(H,14,18)/t11-/m1/s1. The third kappa shape index (κ3) is 2.09. The molecule has 6 heteroatoms. The molecule has 0 unspecified atom stereocenters. The van der Waals surface area contributed by atoms with Crippen LogP contribution in [0.5, 0.6) is 0 Å². The summed E-state index contributed by atoms with van der Waals surface area (Å²) in [6.07, 6.45) is 3.41. The van der Waals surface area contributed by atoms with Crippen molar-refractivity contribution in [3.05, 3.63) is 41.7 Å². The fourth-order valence-corrected chi connectivity index (χ4v) is 2.35. The van der Waals surface area contributed by atoms with E-state index in [1.807, 2.05) is 12.1 Å². The first-order valence-corrected chi connectivity index (χ1v) is 5.91. The summed E-state index contributed by atoms with van der Waals surface area (Å²) in [5.41, 5.74) is 2.55. The van der Waals surface area contributed by atoms with Crippen LogP contribution in [-0.2, 0) is 17.8 Å². The Morgan fingerprint density at radius 1 is 1.44 bits per heavy atom. The van der Waals surface area contributed by atoms with Crippen molar-refractivity contribution in [2.45, 2.75) is 25.4 Å². The van der Waals surface area contributed by atoms with Crippen LogP contribution in [0, 0.1) is 0 Å². The fourth-order valence-electron chi connectivity index (χ4n) is 2.35. The third-order valence-electron chi connectivity index (χ3n) is 3.17. The van der Waals surface area contributed by atoms with Crippen molar-refractivity contribution in [2.75, 3.05) is 0 Å². The number of rotatable bonds is 3. The molecule has 0 bridgehead atoms. The number of fused-ring (bicyclic) bond motifs is 1. The maximum atomic E-state index is 11.8. The van der Waals surface area contributed by atoms with E-state index in [0.717, 1.165) is 12.8 Å². The normalized spacial score (nSPS) is 17.4. The second-order valence-electron chi connectivity index (χ2n) is 4.36. The number of hydrogen-bond donors (Lipinski definition) is 1. The van der Waals surface area contributed by atoms with Gasteiger partial charge in [-0.2, -0.15) is 0 Å². The van der Waals surface area contributed by atoms with Crippen molar-refractivity contribution in [1.29, 1.82) is 0 Å². The van der Waals surface area contributed by atoms with E-state index in [4.69, 9.17) is 0 Å². The average Bonchev–Trinajstić information content (AvgIpc) is 3.00. The number of carbonyl (C=O) groups excluding carboxylic acids is 1. The van der Waals surface area contributed by atoms with E-state index in [0.29, 0.717) is 0 Å². The lowest BCUT2D eigenvalue weighted by atomic mass is 10.1. The zero-order valence-electron chi connectivity index (χ0n) is 9.78. The summed E-state index contributed by atoms with van der Waals surface area (Å²) in [6.45, 7) is 0.158. The largest absolute Gasteiger partial charge is 0.348 e. The zero-order valence-corrected chi connectivity index (χ0v) is 9.78. The Morgan fingerprint density at radius 2 is 2.33 bits per heavy atom. The Kier molecular flexibility index (Phi) is 2.76. The molecule has 0 aliphatic heterocycles. The number of nitrogens with zero attached hydrogens (tertiary/aromatic N) is 4. The molecular weight excluding hydrogens is 230 g/mol. The first-order chi connectivity index (χ1) is 8.83. The average molecular weight is 243 g/mol. The topological polar surface area (TPSA) is 72.7 Å². The summed E-state index contributed by atoms with van der Waals surface area (Å²) < 4.78 is 1.41. The molecule has 0 spiro atoms. The smallest absolute Gasteiger partial charge is 0.242 e. The van der Waals surface area contributed by atoms with Crippen molar-refractivity contribution in [1.82, 2.24) is 25.5 Å². The first kappa shape index (κ1) is 10.9. The van der Waals surface area contributed by atoms with Gasteiger partial charge in [-0.25, -0.2) is 4.68 Å². The molecule has 1 amide bonds. The van der Waals surface area contributed by atoms with E-state index >= 15 is 0 Å². The zero-order chi connectivity index (χ0) is 12.4. The van der Waals surface area contributed by atoms with Crippen molar-refractivity contribution < 1.29 is 4.79 Å². The predicted octanol–water partition coefficient (Wildman–Crippen LogP) is 0.477. The van der Waals surface area contributed by atoms with E-state index in [1.54, 1.807) is 0 Å². The molecular formula is C12H13N5O. The van der Waals surface area contributed by atoms with Crippen molar-refractivity contribution in [3.63, 3.8) is 0 Å². The van der Waals surface area contributed by atoms with Crippen LogP contribution in [0.4, 0.5) is 0 Å². The molecule has 0 radical (unpaired) electrons. The van der Waals surface area contributed by atoms with Crippen LogP contribution < -0.4 is 5.32 Å². The highest BCUT2D eigenvalue weighted by Gasteiger charge is 2.23. The molecule has 1 atom stereocenters. The Morgan fingerprint density at radius 3 is 3.17 bits per heavy atom. The molecule has 3 rings (SSSR count). The lowest BCUT2D eigenvalue weighted by molar-refractivity contribution is -0.122. The highest BCUT2D eigenvalue weighted by molar-refractivity contribution is 5.76. The summed E-state index contributed by atoms with van der Waals surface area (Å²) in [4.78, 5) is 11.8. The molecule has 0 saturated heterocycles. The molecule has 18 heavy (non-hydrogen) atoms. The monoisotopic (exact) mass is 243 g/mol. The van der Waals surface area contributed by atoms with Gasteiger partial charge in [0.1, 0.15) is 12.9 Å². The van der Waals surface area contributed by atoms with Crippen molar-refractivity contribution in [3.8, 4) is 0 Å². The molecule has 0 saturated carbocycles. The Balaban J connectivity index is 1.66. The van der Waals surface area contributed by atoms with Crippen LogP contribution in [0.25, 0.3) is 0 Å². The quantitative estimate of drug-likeness (QED) is 0.850. The van der Waals surface area contributed by atoms with Gasteiger partial charge >= 0.3 is 0 Å². The van der Waals surface area contributed by atoms with Crippen LogP contribution in [0.2, 0.25) is 0 Å². The summed E-state index contributed by atoms with van der Waals surface area (Å²) in [5.74, 6) is -0.0657. The predicted molar refractivity (Wildman–Crippen MR) is 63.5 cm³/mol. The van der Waals surface area contributed by atoms with Crippen molar-refractivity contribution in [2.24, 2.45) is 0 Å². The Hall–Kier alpha value is -2.24. The number of amides is 1. The molecule has 2 aromatic rings. The molecule has 92 valence electrons. The Labute approximate surface area is 104 Å². The van der Waals surface area contributed by atoms with Crippen LogP contribution in [0.3, 0.4) is 0 Å². The van der Waals surface area contributed by atoms with Gasteiger partial charge in [0.15, 0.2) is 0 Å². The van der Waals surface area contributed by atoms with Crippen LogP contribution in [0.15, 0.2) is 30.6 Å². The molecule has 1 aromatic carbocycles. The minimum Gasteiger partial charge on any atom is -0.348 e. The second-order valence-corrected chi connectivity index (χ2v) is 4.36. The van der Waals surface area contributed by atoms with E-state index in [9.17, 15) is 4.79 Å². The van der Waals surface area contributed by atoms with E-state index in [1.165, 1.54) is 22.1 Å². The van der Waals surface area contributed by atoms with E-state index in [2.05, 4.69) is 33.0 Å². The number of aromatic nitrogens is 4. The minimum absolute atomic E-state index is 0.0657. The summed E-state index contributed by atoms with van der Waals surface area (Å²) in [7, 11) is 0. The maximum absolute atomic E-state index is 11.8. The first-order valence-electron chi connectivity index (χ1n) is 5.91. The SMILES string of the molecule is O=C(Cn1cnnn1)N[C@@H]1CCc2ccccc21. The maximum Gasteiger partial charge on any atom is 0.242 e. The van der Waals surface area contributed by atoms with Gasteiger partial charge in [-0.05, 0) is 34.4 Å². The van der Waals surface area contributed by atoms with E-state index < -0.39 is 0 Å². The summed E-state index contributed by atoms with van der Waals surface area (Å²) >= 11 is 0. The van der Waals surface area contributed by atoms with Crippen molar-refractivity contribution >= 4 is 5.91 Å². The number of carbonyl (C=O) groups is 1. The molecule has 1 heterocycles. The second kappa shape index (κ2) is 4.56. The lowest BCUT2D eigenvalue weighted by Crippen LogP contribution is -2.30. The molecule has 6 nitrogen and oxygen atoms in total. The van der Waals surface area contributed by atoms with Gasteiger partial charge in [-0.1, -0.05) is 24.3 Å². The van der Waals surface area contributed by atoms with Gasteiger partial charge in [0.25, 0.3) is 0 Å². The number of aryl methyl sites for hydroxylation is 1. The molecule has 1 aromatic heterocycles. The minimum atomic E-state index is -0.0657. The van der Waals surface area contributed by atoms with Gasteiger partial charge in [-0.3, -0.25) is 4.79 Å². The van der Waals surface area contributed by atoms with Gasteiger partial charge in [0, 0.05) is 0 Å². The number of benzene rings is 1. The highest BCUT2D eigenvalue weighted by Crippen LogP contribution is 2.30. The van der Waals surface area contributed by atoms with Crippen LogP contribution in [0.1, 0.15) is 23.6 Å².